The summed E-state index contributed by atoms with van der Waals surface area (Å²) in [7, 11) is -1.87. The summed E-state index contributed by atoms with van der Waals surface area (Å²) in [4.78, 5) is 0.405. The van der Waals surface area contributed by atoms with E-state index in [1.807, 2.05) is 13.8 Å². The summed E-state index contributed by atoms with van der Waals surface area (Å²) in [6.45, 7) is 3.66. The summed E-state index contributed by atoms with van der Waals surface area (Å²) in [6, 6.07) is -0.226. The summed E-state index contributed by atoms with van der Waals surface area (Å²) >= 11 is 4.97. The minimum Gasteiger partial charge on any atom is -0.393 e. The van der Waals surface area contributed by atoms with Crippen molar-refractivity contribution in [3.63, 3.8) is 0 Å². The molecule has 7 heteroatoms. The average Bonchev–Trinajstić information content (AvgIpc) is 2.63. The molecule has 0 bridgehead atoms. The molecule has 1 saturated carbocycles. The van der Waals surface area contributed by atoms with Crippen molar-refractivity contribution in [2.45, 2.75) is 45.2 Å². The highest BCUT2D eigenvalue weighted by Gasteiger charge is 2.34. The van der Waals surface area contributed by atoms with Gasteiger partial charge in [-0.25, -0.2) is 0 Å². The Morgan fingerprint density at radius 3 is 2.53 bits per heavy atom. The molecular weight excluding hydrogens is 258 g/mol. The van der Waals surface area contributed by atoms with Gasteiger partial charge in [0, 0.05) is 25.0 Å². The fourth-order valence-electron chi connectivity index (χ4n) is 1.99. The van der Waals surface area contributed by atoms with E-state index in [4.69, 9.17) is 18.0 Å². The fraction of sp³-hybridized carbons (Fsp3) is 0.900. The lowest BCUT2D eigenvalue weighted by Gasteiger charge is -2.26. The van der Waals surface area contributed by atoms with Crippen LogP contribution < -0.4 is 10.5 Å². The molecule has 0 heterocycles. The molecule has 1 aliphatic rings. The molecule has 1 fully saturated rings. The molecule has 0 saturated heterocycles. The molecule has 0 aromatic carbocycles. The number of hydrogen-bond donors (Lipinski definition) is 2. The second kappa shape index (κ2) is 5.60. The van der Waals surface area contributed by atoms with Crippen molar-refractivity contribution in [2.75, 3.05) is 7.05 Å². The van der Waals surface area contributed by atoms with E-state index in [1.54, 1.807) is 7.05 Å². The zero-order chi connectivity index (χ0) is 13.2. The molecule has 0 aromatic rings. The fourth-order valence-corrected chi connectivity index (χ4v) is 3.66. The molecule has 1 rings (SSSR count). The molecule has 2 atom stereocenters. The summed E-state index contributed by atoms with van der Waals surface area (Å²) in [5, 5.41) is 0. The van der Waals surface area contributed by atoms with Crippen molar-refractivity contribution in [3.8, 4) is 0 Å². The van der Waals surface area contributed by atoms with Gasteiger partial charge in [-0.3, -0.25) is 0 Å². The predicted molar refractivity (Wildman–Crippen MR) is 72.9 cm³/mol. The molecule has 3 N–H and O–H groups in total. The van der Waals surface area contributed by atoms with E-state index in [0.717, 1.165) is 19.3 Å². The van der Waals surface area contributed by atoms with Crippen LogP contribution in [0.4, 0.5) is 0 Å². The number of thiocarbonyl (C=S) groups is 1. The lowest BCUT2D eigenvalue weighted by Crippen LogP contribution is -2.48. The van der Waals surface area contributed by atoms with Crippen molar-refractivity contribution in [3.05, 3.63) is 0 Å². The number of nitrogens with two attached hydrogens (primary N) is 1. The number of nitrogens with one attached hydrogen (secondary N) is 1. The Morgan fingerprint density at radius 1 is 1.47 bits per heavy atom. The zero-order valence-electron chi connectivity index (χ0n) is 10.5. The Labute approximate surface area is 109 Å². The van der Waals surface area contributed by atoms with Gasteiger partial charge >= 0.3 is 0 Å². The standard InChI is InChI=1S/C10H21N3O2S2/c1-7(2)13(3)17(14,15)12-9-6-4-5-8(9)10(11)16/h7-9,12H,4-6H2,1-3H3,(H2,11,16). The lowest BCUT2D eigenvalue weighted by molar-refractivity contribution is 0.392. The molecule has 5 nitrogen and oxygen atoms in total. The SMILES string of the molecule is CC(C)N(C)S(=O)(=O)NC1CCCC1C(N)=S. The summed E-state index contributed by atoms with van der Waals surface area (Å²) in [5.74, 6) is -0.0136. The maximum Gasteiger partial charge on any atom is 0.279 e. The van der Waals surface area contributed by atoms with Crippen LogP contribution in [-0.2, 0) is 10.2 Å². The maximum absolute atomic E-state index is 12.0. The Hall–Kier alpha value is -0.240. The van der Waals surface area contributed by atoms with Crippen molar-refractivity contribution in [2.24, 2.45) is 11.7 Å². The summed E-state index contributed by atoms with van der Waals surface area (Å²) in [5.41, 5.74) is 5.63. The van der Waals surface area contributed by atoms with Crippen molar-refractivity contribution in [1.82, 2.24) is 9.03 Å². The molecule has 100 valence electrons. The third-order valence-electron chi connectivity index (χ3n) is 3.29. The second-order valence-corrected chi connectivity index (χ2v) is 7.01. The van der Waals surface area contributed by atoms with Gasteiger partial charge in [-0.2, -0.15) is 17.4 Å². The summed E-state index contributed by atoms with van der Waals surface area (Å²) < 4.78 is 28.1. The first kappa shape index (κ1) is 14.8. The van der Waals surface area contributed by atoms with E-state index in [1.165, 1.54) is 4.31 Å². The van der Waals surface area contributed by atoms with E-state index >= 15 is 0 Å². The van der Waals surface area contributed by atoms with Crippen LogP contribution >= 0.6 is 12.2 Å². The lowest BCUT2D eigenvalue weighted by atomic mass is 10.1. The largest absolute Gasteiger partial charge is 0.393 e. The van der Waals surface area contributed by atoms with Crippen LogP contribution in [0.1, 0.15) is 33.1 Å². The van der Waals surface area contributed by atoms with Crippen molar-refractivity contribution in [1.29, 1.82) is 0 Å². The van der Waals surface area contributed by atoms with Gasteiger partial charge in [-0.05, 0) is 26.7 Å². The van der Waals surface area contributed by atoms with Crippen molar-refractivity contribution >= 4 is 27.4 Å². The van der Waals surface area contributed by atoms with Crippen LogP contribution in [0.3, 0.4) is 0 Å². The first-order valence-electron chi connectivity index (χ1n) is 5.80. The van der Waals surface area contributed by atoms with Gasteiger partial charge in [0.05, 0.1) is 4.99 Å². The minimum atomic E-state index is -3.44. The Kier molecular flexibility index (Phi) is 4.88. The number of nitrogens with zero attached hydrogens (tertiary/aromatic N) is 1. The average molecular weight is 279 g/mol. The van der Waals surface area contributed by atoms with Gasteiger partial charge in [-0.15, -0.1) is 0 Å². The number of rotatable bonds is 5. The molecule has 17 heavy (non-hydrogen) atoms. The Morgan fingerprint density at radius 2 is 2.06 bits per heavy atom. The first-order chi connectivity index (χ1) is 7.75. The molecule has 1 aliphatic carbocycles. The topological polar surface area (TPSA) is 75.4 Å². The third-order valence-corrected chi connectivity index (χ3v) is 5.37. The maximum atomic E-state index is 12.0. The quantitative estimate of drug-likeness (QED) is 0.723. The highest BCUT2D eigenvalue weighted by atomic mass is 32.2. The molecule has 0 radical (unpaired) electrons. The third kappa shape index (κ3) is 3.61. The van der Waals surface area contributed by atoms with Gasteiger partial charge in [0.25, 0.3) is 10.2 Å². The molecule has 0 spiro atoms. The van der Waals surface area contributed by atoms with Gasteiger partial charge in [0.1, 0.15) is 0 Å². The molecule has 0 amide bonds. The number of hydrogen-bond acceptors (Lipinski definition) is 3. The Balaban J connectivity index is 2.74. The second-order valence-electron chi connectivity index (χ2n) is 4.78. The molecule has 2 unspecified atom stereocenters. The highest BCUT2D eigenvalue weighted by molar-refractivity contribution is 7.87. The van der Waals surface area contributed by atoms with E-state index in [0.29, 0.717) is 4.99 Å². The monoisotopic (exact) mass is 279 g/mol. The highest BCUT2D eigenvalue weighted by Crippen LogP contribution is 2.26. The molecular formula is C10H21N3O2S2. The first-order valence-corrected chi connectivity index (χ1v) is 7.65. The van der Waals surface area contributed by atoms with Gasteiger partial charge in [-0.1, -0.05) is 18.6 Å². The van der Waals surface area contributed by atoms with Crippen LogP contribution in [0.25, 0.3) is 0 Å². The van der Waals surface area contributed by atoms with Gasteiger partial charge in [0.2, 0.25) is 0 Å². The van der Waals surface area contributed by atoms with Crippen LogP contribution in [0.15, 0.2) is 0 Å². The van der Waals surface area contributed by atoms with Crippen LogP contribution in [0.2, 0.25) is 0 Å². The minimum absolute atomic E-state index is 0.0136. The van der Waals surface area contributed by atoms with Gasteiger partial charge in [0.15, 0.2) is 0 Å². The van der Waals surface area contributed by atoms with E-state index in [2.05, 4.69) is 4.72 Å². The van der Waals surface area contributed by atoms with Crippen molar-refractivity contribution < 1.29 is 8.42 Å². The summed E-state index contributed by atoms with van der Waals surface area (Å²) in [6.07, 6.45) is 2.63. The predicted octanol–water partition coefficient (Wildman–Crippen LogP) is 0.616. The van der Waals surface area contributed by atoms with Gasteiger partial charge < -0.3 is 5.73 Å². The van der Waals surface area contributed by atoms with E-state index in [9.17, 15) is 8.42 Å². The van der Waals surface area contributed by atoms with Crippen LogP contribution in [0.5, 0.6) is 0 Å². The zero-order valence-corrected chi connectivity index (χ0v) is 12.1. The van der Waals surface area contributed by atoms with Crippen LogP contribution in [0, 0.1) is 5.92 Å². The Bertz CT molecular complexity index is 381. The van der Waals surface area contributed by atoms with E-state index < -0.39 is 10.2 Å². The molecule has 0 aliphatic heterocycles. The normalized spacial score (nSPS) is 25.7. The van der Waals surface area contributed by atoms with E-state index in [-0.39, 0.29) is 18.0 Å². The smallest absolute Gasteiger partial charge is 0.279 e. The molecule has 0 aromatic heterocycles. The van der Waals surface area contributed by atoms with Crippen LogP contribution in [-0.4, -0.2) is 36.8 Å².